The van der Waals surface area contributed by atoms with Crippen molar-refractivity contribution in [2.45, 2.75) is 57.7 Å². The van der Waals surface area contributed by atoms with Crippen molar-refractivity contribution in [1.82, 2.24) is 34.3 Å². The summed E-state index contributed by atoms with van der Waals surface area (Å²) < 4.78 is 47.9. The number of aryl methyl sites for hydroxylation is 1. The molecule has 258 valence electrons. The fourth-order valence-electron chi connectivity index (χ4n) is 7.32. The minimum atomic E-state index is -4.60. The number of fused-ring (bicyclic) bond motifs is 3. The molecule has 0 saturated carbocycles. The first-order valence-electron chi connectivity index (χ1n) is 15.8. The number of aromatic amines is 1. The lowest BCUT2D eigenvalue weighted by atomic mass is 9.67. The van der Waals surface area contributed by atoms with E-state index in [1.807, 2.05) is 13.0 Å². The molecule has 2 aliphatic heterocycles. The lowest BCUT2D eigenvalue weighted by Gasteiger charge is -2.44. The Labute approximate surface area is 281 Å². The van der Waals surface area contributed by atoms with Gasteiger partial charge in [0.15, 0.2) is 17.3 Å². The van der Waals surface area contributed by atoms with Crippen LogP contribution in [0.25, 0.3) is 11.4 Å². The predicted molar refractivity (Wildman–Crippen MR) is 170 cm³/mol. The number of nitrogens with one attached hydrogen (secondary N) is 2. The maximum atomic E-state index is 14.4. The van der Waals surface area contributed by atoms with Crippen molar-refractivity contribution in [1.29, 1.82) is 0 Å². The molecule has 5 heterocycles. The van der Waals surface area contributed by atoms with E-state index >= 15 is 0 Å². The Morgan fingerprint density at radius 2 is 2.04 bits per heavy atom. The highest BCUT2D eigenvalue weighted by atomic mass is 35.5. The number of ether oxygens (including phenoxy) is 1. The Balaban J connectivity index is 1.26. The van der Waals surface area contributed by atoms with Gasteiger partial charge in [-0.15, -0.1) is 5.10 Å². The van der Waals surface area contributed by atoms with Crippen molar-refractivity contribution in [2.24, 2.45) is 5.92 Å². The molecule has 2 unspecified atom stereocenters. The first-order chi connectivity index (χ1) is 23.3. The minimum Gasteiger partial charge on any atom is -0.504 e. The van der Waals surface area contributed by atoms with Crippen LogP contribution < -0.4 is 10.9 Å². The fourth-order valence-corrected chi connectivity index (χ4v) is 7.55. The van der Waals surface area contributed by atoms with E-state index in [4.69, 9.17) is 21.3 Å². The van der Waals surface area contributed by atoms with Crippen LogP contribution in [-0.4, -0.2) is 77.5 Å². The third kappa shape index (κ3) is 5.56. The number of carbonyl (C=O) groups excluding carboxylic acids is 2. The molecular weight excluding hydrogens is 669 g/mol. The number of hydrogen-bond acceptors (Lipinski definition) is 8. The Kier molecular flexibility index (Phi) is 8.05. The Morgan fingerprint density at radius 1 is 1.24 bits per heavy atom. The number of amides is 2. The van der Waals surface area contributed by atoms with Crippen LogP contribution in [0.1, 0.15) is 65.0 Å². The number of anilines is 1. The molecule has 13 nitrogen and oxygen atoms in total. The van der Waals surface area contributed by atoms with E-state index in [-0.39, 0.29) is 46.0 Å². The molecular formula is C32H32ClF3N8O5. The van der Waals surface area contributed by atoms with Gasteiger partial charge in [0, 0.05) is 29.8 Å². The quantitative estimate of drug-likeness (QED) is 0.281. The molecule has 3 N–H and O–H groups in total. The Hall–Kier alpha value is -4.70. The minimum absolute atomic E-state index is 0.00326. The van der Waals surface area contributed by atoms with Gasteiger partial charge in [-0.05, 0) is 62.3 Å². The van der Waals surface area contributed by atoms with Crippen molar-refractivity contribution >= 4 is 40.5 Å². The smallest absolute Gasteiger partial charge is 0.416 e. The Bertz CT molecular complexity index is 2100. The molecule has 3 aliphatic rings. The molecule has 3 aromatic heterocycles. The van der Waals surface area contributed by atoms with Gasteiger partial charge < -0.3 is 24.6 Å². The van der Waals surface area contributed by atoms with Crippen LogP contribution in [-0.2, 0) is 34.1 Å². The number of nitrogens with zero attached hydrogens (tertiary/aromatic N) is 6. The SMILES string of the molecule is Cc1n[nH]c(C(=O)N2CCC3(CCc4c3c(=O)n3nc(C5=CCOCC5)nc3n4CC(=O)Nc3ccc(C(F)(F)F)cc3Cl)C(C)C2)c1O. The molecule has 0 radical (unpaired) electrons. The number of carbonyl (C=O) groups is 2. The lowest BCUT2D eigenvalue weighted by Crippen LogP contribution is -2.52. The first-order valence-corrected chi connectivity index (χ1v) is 16.2. The zero-order valence-corrected chi connectivity index (χ0v) is 27.3. The monoisotopic (exact) mass is 700 g/mol. The van der Waals surface area contributed by atoms with Crippen LogP contribution in [0.3, 0.4) is 0 Å². The second-order valence-corrected chi connectivity index (χ2v) is 13.2. The highest BCUT2D eigenvalue weighted by Gasteiger charge is 2.50. The van der Waals surface area contributed by atoms with Crippen molar-refractivity contribution in [3.8, 4) is 5.75 Å². The lowest BCUT2D eigenvalue weighted by molar-refractivity contribution is -0.137. The van der Waals surface area contributed by atoms with Crippen molar-refractivity contribution < 1.29 is 32.6 Å². The first kappa shape index (κ1) is 32.8. The molecule has 1 aliphatic carbocycles. The van der Waals surface area contributed by atoms with Crippen LogP contribution in [0.5, 0.6) is 5.75 Å². The van der Waals surface area contributed by atoms with Gasteiger partial charge in [0.25, 0.3) is 11.5 Å². The van der Waals surface area contributed by atoms with Crippen LogP contribution in [0.4, 0.5) is 18.9 Å². The second kappa shape index (κ2) is 12.0. The van der Waals surface area contributed by atoms with E-state index < -0.39 is 29.0 Å². The summed E-state index contributed by atoms with van der Waals surface area (Å²) in [5.74, 6) is -0.893. The number of alkyl halides is 3. The molecule has 2 atom stereocenters. The maximum Gasteiger partial charge on any atom is 0.416 e. The summed E-state index contributed by atoms with van der Waals surface area (Å²) in [6.07, 6.45) is -0.769. The molecule has 1 fully saturated rings. The van der Waals surface area contributed by atoms with E-state index in [2.05, 4.69) is 20.6 Å². The third-order valence-corrected chi connectivity index (χ3v) is 10.3. The fraction of sp³-hybridized carbons (Fsp3) is 0.438. The number of benzene rings is 1. The average molecular weight is 701 g/mol. The summed E-state index contributed by atoms with van der Waals surface area (Å²) in [6.45, 7) is 4.68. The van der Waals surface area contributed by atoms with Gasteiger partial charge in [-0.2, -0.15) is 27.8 Å². The third-order valence-electron chi connectivity index (χ3n) is 9.96. The molecule has 1 saturated heterocycles. The van der Waals surface area contributed by atoms with Gasteiger partial charge in [0.2, 0.25) is 11.7 Å². The molecule has 2 amide bonds. The van der Waals surface area contributed by atoms with Crippen LogP contribution in [0.2, 0.25) is 5.02 Å². The van der Waals surface area contributed by atoms with E-state index in [0.717, 1.165) is 23.8 Å². The van der Waals surface area contributed by atoms with Gasteiger partial charge in [-0.1, -0.05) is 24.6 Å². The summed E-state index contributed by atoms with van der Waals surface area (Å²) in [7, 11) is 0. The van der Waals surface area contributed by atoms with Gasteiger partial charge in [-0.25, -0.2) is 0 Å². The standard InChI is InChI=1S/C32H32ClF3N8O5/c1-16-14-42(29(48)25-26(46)17(2)39-40-25)10-9-31(16)8-5-22-24(31)28(47)44-30(38-27(41-44)18-6-11-49-12-7-18)43(22)15-23(45)37-21-4-3-19(13-20(21)33)32(34,35)36/h3-4,6,13,16,46H,5,7-12,14-15H2,1-2H3,(H,37,45)(H,39,40). The van der Waals surface area contributed by atoms with E-state index in [9.17, 15) is 32.7 Å². The van der Waals surface area contributed by atoms with Gasteiger partial charge in [0.1, 0.15) is 12.2 Å². The molecule has 7 rings (SSSR count). The van der Waals surface area contributed by atoms with E-state index in [0.29, 0.717) is 74.8 Å². The number of H-pyrrole nitrogens is 1. The van der Waals surface area contributed by atoms with Gasteiger partial charge >= 0.3 is 6.18 Å². The number of rotatable bonds is 5. The number of aromatic hydroxyl groups is 1. The normalized spacial score (nSPS) is 20.9. The molecule has 1 aromatic carbocycles. The largest absolute Gasteiger partial charge is 0.504 e. The number of likely N-dealkylation sites (tertiary alicyclic amines) is 1. The maximum absolute atomic E-state index is 14.4. The van der Waals surface area contributed by atoms with Crippen LogP contribution in [0, 0.1) is 12.8 Å². The van der Waals surface area contributed by atoms with Crippen LogP contribution in [0.15, 0.2) is 29.1 Å². The topological polar surface area (TPSA) is 160 Å². The molecule has 4 aromatic rings. The molecule has 0 bridgehead atoms. The predicted octanol–water partition coefficient (Wildman–Crippen LogP) is 4.11. The van der Waals surface area contributed by atoms with Gasteiger partial charge in [-0.3, -0.25) is 19.5 Å². The molecule has 1 spiro atoms. The summed E-state index contributed by atoms with van der Waals surface area (Å²) in [5.41, 5.74) is 0.278. The van der Waals surface area contributed by atoms with E-state index in [1.165, 1.54) is 4.52 Å². The number of aromatic nitrogens is 6. The summed E-state index contributed by atoms with van der Waals surface area (Å²) >= 11 is 6.12. The van der Waals surface area contributed by atoms with Crippen molar-refractivity contribution in [3.63, 3.8) is 0 Å². The average Bonchev–Trinajstić information content (AvgIpc) is 3.78. The number of hydrogen-bond donors (Lipinski definition) is 3. The van der Waals surface area contributed by atoms with Crippen molar-refractivity contribution in [2.75, 3.05) is 31.6 Å². The zero-order chi connectivity index (χ0) is 34.8. The van der Waals surface area contributed by atoms with E-state index in [1.54, 1.807) is 16.4 Å². The zero-order valence-electron chi connectivity index (χ0n) is 26.5. The number of piperidine rings is 1. The second-order valence-electron chi connectivity index (χ2n) is 12.7. The summed E-state index contributed by atoms with van der Waals surface area (Å²) in [6, 6.07) is 2.67. The van der Waals surface area contributed by atoms with Gasteiger partial charge in [0.05, 0.1) is 29.5 Å². The van der Waals surface area contributed by atoms with Crippen molar-refractivity contribution in [3.05, 3.63) is 73.7 Å². The molecule has 49 heavy (non-hydrogen) atoms. The highest BCUT2D eigenvalue weighted by molar-refractivity contribution is 6.33. The molecule has 17 heteroatoms. The Morgan fingerprint density at radius 3 is 2.69 bits per heavy atom. The van der Waals surface area contributed by atoms with Crippen LogP contribution >= 0.6 is 11.6 Å². The summed E-state index contributed by atoms with van der Waals surface area (Å²) in [5, 5.41) is 23.8. The number of halogens is 4. The summed E-state index contributed by atoms with van der Waals surface area (Å²) in [4.78, 5) is 47.5. The highest BCUT2D eigenvalue weighted by Crippen LogP contribution is 2.48.